The SMILES string of the molecule is O=C(Nc1nccnc1OCc1ccccc1Cl)NC12CC3CC(CC(C3)C1)C2. The molecule has 2 amide bonds. The topological polar surface area (TPSA) is 76.1 Å². The average molecular weight is 413 g/mol. The van der Waals surface area contributed by atoms with Gasteiger partial charge in [-0.05, 0) is 62.3 Å². The van der Waals surface area contributed by atoms with Crippen molar-refractivity contribution >= 4 is 23.4 Å². The highest BCUT2D eigenvalue weighted by Gasteiger charge is 2.51. The number of rotatable bonds is 5. The minimum absolute atomic E-state index is 0.0559. The molecule has 0 radical (unpaired) electrons. The second-order valence-electron chi connectivity index (χ2n) is 8.87. The van der Waals surface area contributed by atoms with E-state index in [0.717, 1.165) is 42.6 Å². The number of ether oxygens (including phenoxy) is 1. The minimum atomic E-state index is -0.227. The van der Waals surface area contributed by atoms with Gasteiger partial charge in [0.2, 0.25) is 0 Å². The highest BCUT2D eigenvalue weighted by Crippen LogP contribution is 2.55. The molecule has 0 unspecified atom stereocenters. The summed E-state index contributed by atoms with van der Waals surface area (Å²) in [5.74, 6) is 2.92. The van der Waals surface area contributed by atoms with Gasteiger partial charge in [-0.25, -0.2) is 14.8 Å². The lowest BCUT2D eigenvalue weighted by atomic mass is 9.53. The molecule has 0 spiro atoms. The van der Waals surface area contributed by atoms with Crippen molar-refractivity contribution in [3.63, 3.8) is 0 Å². The Labute approximate surface area is 175 Å². The van der Waals surface area contributed by atoms with Gasteiger partial charge in [-0.1, -0.05) is 29.8 Å². The number of halogens is 1. The van der Waals surface area contributed by atoms with Crippen LogP contribution in [0.2, 0.25) is 5.02 Å². The van der Waals surface area contributed by atoms with Crippen LogP contribution >= 0.6 is 11.6 Å². The molecule has 1 aromatic heterocycles. The lowest BCUT2D eigenvalue weighted by Gasteiger charge is -2.56. The third-order valence-corrected chi connectivity index (χ3v) is 7.00. The molecular formula is C22H25ClN4O2. The lowest BCUT2D eigenvalue weighted by Crippen LogP contribution is -2.60. The quantitative estimate of drug-likeness (QED) is 0.739. The van der Waals surface area contributed by atoms with Gasteiger partial charge in [0.15, 0.2) is 5.82 Å². The van der Waals surface area contributed by atoms with Crippen molar-refractivity contribution in [1.29, 1.82) is 0 Å². The van der Waals surface area contributed by atoms with Crippen molar-refractivity contribution in [2.75, 3.05) is 5.32 Å². The summed E-state index contributed by atoms with van der Waals surface area (Å²) in [6, 6.07) is 7.26. The summed E-state index contributed by atoms with van der Waals surface area (Å²) in [4.78, 5) is 21.3. The zero-order chi connectivity index (χ0) is 19.8. The number of hydrogen-bond acceptors (Lipinski definition) is 4. The van der Waals surface area contributed by atoms with Gasteiger partial charge in [-0.2, -0.15) is 0 Å². The number of hydrogen-bond donors (Lipinski definition) is 2. The molecule has 1 aromatic carbocycles. The molecule has 4 bridgehead atoms. The first-order valence-electron chi connectivity index (χ1n) is 10.3. The third kappa shape index (κ3) is 3.90. The molecule has 0 aliphatic heterocycles. The molecule has 4 saturated carbocycles. The maximum absolute atomic E-state index is 12.8. The van der Waals surface area contributed by atoms with Gasteiger partial charge in [0.05, 0.1) is 0 Å². The summed E-state index contributed by atoms with van der Waals surface area (Å²) in [6.07, 6.45) is 10.4. The van der Waals surface area contributed by atoms with Crippen LogP contribution < -0.4 is 15.4 Å². The Hall–Kier alpha value is -2.34. The summed E-state index contributed by atoms with van der Waals surface area (Å²) in [5.41, 5.74) is 0.795. The number of urea groups is 1. The van der Waals surface area contributed by atoms with Crippen LogP contribution in [0.25, 0.3) is 0 Å². The first kappa shape index (κ1) is 18.7. The Morgan fingerprint density at radius 2 is 1.72 bits per heavy atom. The van der Waals surface area contributed by atoms with Crippen molar-refractivity contribution in [3.05, 3.63) is 47.2 Å². The summed E-state index contributed by atoms with van der Waals surface area (Å²) in [5, 5.41) is 6.77. The highest BCUT2D eigenvalue weighted by molar-refractivity contribution is 6.31. The number of benzene rings is 1. The van der Waals surface area contributed by atoms with E-state index in [-0.39, 0.29) is 24.1 Å². The molecule has 29 heavy (non-hydrogen) atoms. The molecule has 0 atom stereocenters. The van der Waals surface area contributed by atoms with E-state index in [1.54, 1.807) is 12.4 Å². The molecule has 4 aliphatic carbocycles. The van der Waals surface area contributed by atoms with Gasteiger partial charge in [0, 0.05) is 28.5 Å². The first-order chi connectivity index (χ1) is 14.1. The van der Waals surface area contributed by atoms with Crippen molar-refractivity contribution in [2.24, 2.45) is 17.8 Å². The van der Waals surface area contributed by atoms with Crippen LogP contribution in [0.3, 0.4) is 0 Å². The largest absolute Gasteiger partial charge is 0.470 e. The van der Waals surface area contributed by atoms with Crippen molar-refractivity contribution in [2.45, 2.75) is 50.7 Å². The van der Waals surface area contributed by atoms with Gasteiger partial charge in [-0.3, -0.25) is 5.32 Å². The summed E-state index contributed by atoms with van der Waals surface area (Å²) in [7, 11) is 0. The van der Waals surface area contributed by atoms with E-state index in [1.165, 1.54) is 19.3 Å². The third-order valence-electron chi connectivity index (χ3n) is 6.64. The van der Waals surface area contributed by atoms with Gasteiger partial charge >= 0.3 is 6.03 Å². The Kier molecular flexibility index (Phi) is 4.82. The molecule has 4 fully saturated rings. The summed E-state index contributed by atoms with van der Waals surface area (Å²) in [6.45, 7) is 0.254. The van der Waals surface area contributed by atoms with E-state index >= 15 is 0 Å². The number of anilines is 1. The Bertz CT molecular complexity index is 884. The number of carbonyl (C=O) groups excluding carboxylic acids is 1. The van der Waals surface area contributed by atoms with Crippen LogP contribution in [-0.2, 0) is 6.61 Å². The first-order valence-corrected chi connectivity index (χ1v) is 10.7. The zero-order valence-electron chi connectivity index (χ0n) is 16.2. The van der Waals surface area contributed by atoms with Gasteiger partial charge in [0.1, 0.15) is 6.61 Å². The van der Waals surface area contributed by atoms with Crippen LogP contribution in [0.4, 0.5) is 10.6 Å². The fourth-order valence-corrected chi connectivity index (χ4v) is 6.11. The Morgan fingerprint density at radius 3 is 2.41 bits per heavy atom. The normalized spacial score (nSPS) is 29.5. The fourth-order valence-electron chi connectivity index (χ4n) is 5.92. The minimum Gasteiger partial charge on any atom is -0.470 e. The number of carbonyl (C=O) groups is 1. The molecule has 152 valence electrons. The number of aromatic nitrogens is 2. The predicted octanol–water partition coefficient (Wildman–Crippen LogP) is 4.80. The average Bonchev–Trinajstić information content (AvgIpc) is 2.67. The molecule has 2 aromatic rings. The van der Waals surface area contributed by atoms with E-state index in [4.69, 9.17) is 16.3 Å². The zero-order valence-corrected chi connectivity index (χ0v) is 17.0. The number of nitrogens with one attached hydrogen (secondary N) is 2. The van der Waals surface area contributed by atoms with E-state index in [2.05, 4.69) is 20.6 Å². The molecule has 2 N–H and O–H groups in total. The van der Waals surface area contributed by atoms with Crippen LogP contribution in [0.1, 0.15) is 44.1 Å². The molecule has 6 rings (SSSR count). The summed E-state index contributed by atoms with van der Waals surface area (Å²) >= 11 is 6.19. The van der Waals surface area contributed by atoms with Crippen molar-refractivity contribution < 1.29 is 9.53 Å². The highest BCUT2D eigenvalue weighted by atomic mass is 35.5. The van der Waals surface area contributed by atoms with Crippen LogP contribution in [0, 0.1) is 17.8 Å². The molecule has 0 saturated heterocycles. The standard InChI is InChI=1S/C22H25ClN4O2/c23-18-4-2-1-3-17(18)13-29-20-19(24-5-6-25-20)26-21(28)27-22-10-14-7-15(11-22)9-16(8-14)12-22/h1-6,14-16H,7-13H2,(H2,24,26,27,28). The van der Waals surface area contributed by atoms with E-state index in [9.17, 15) is 4.79 Å². The Balaban J connectivity index is 1.25. The second-order valence-corrected chi connectivity index (χ2v) is 9.27. The second kappa shape index (κ2) is 7.48. The van der Waals surface area contributed by atoms with Gasteiger partial charge in [-0.15, -0.1) is 0 Å². The Morgan fingerprint density at radius 1 is 1.07 bits per heavy atom. The predicted molar refractivity (Wildman–Crippen MR) is 111 cm³/mol. The maximum Gasteiger partial charge on any atom is 0.320 e. The fraction of sp³-hybridized carbons (Fsp3) is 0.500. The lowest BCUT2D eigenvalue weighted by molar-refractivity contribution is -0.0127. The van der Waals surface area contributed by atoms with E-state index in [0.29, 0.717) is 10.8 Å². The molecular weight excluding hydrogens is 388 g/mol. The maximum atomic E-state index is 12.8. The van der Waals surface area contributed by atoms with Gasteiger partial charge < -0.3 is 10.1 Å². The van der Waals surface area contributed by atoms with Crippen molar-refractivity contribution in [3.8, 4) is 5.88 Å². The summed E-state index contributed by atoms with van der Waals surface area (Å²) < 4.78 is 5.80. The van der Waals surface area contributed by atoms with Crippen LogP contribution in [-0.4, -0.2) is 21.5 Å². The number of nitrogens with zero attached hydrogens (tertiary/aromatic N) is 2. The van der Waals surface area contributed by atoms with Crippen LogP contribution in [0.15, 0.2) is 36.7 Å². The van der Waals surface area contributed by atoms with Gasteiger partial charge in [0.25, 0.3) is 5.88 Å². The molecule has 6 nitrogen and oxygen atoms in total. The molecule has 1 heterocycles. The van der Waals surface area contributed by atoms with Crippen molar-refractivity contribution in [1.82, 2.24) is 15.3 Å². The monoisotopic (exact) mass is 412 g/mol. The smallest absolute Gasteiger partial charge is 0.320 e. The van der Waals surface area contributed by atoms with E-state index < -0.39 is 0 Å². The molecule has 4 aliphatic rings. The van der Waals surface area contributed by atoms with E-state index in [1.807, 2.05) is 24.3 Å². The number of amides is 2. The van der Waals surface area contributed by atoms with Crippen LogP contribution in [0.5, 0.6) is 5.88 Å². The molecule has 7 heteroatoms.